The van der Waals surface area contributed by atoms with E-state index < -0.39 is 24.1 Å². The number of methoxy groups -OCH3 is 2. The molecule has 3 atom stereocenters. The van der Waals surface area contributed by atoms with E-state index in [1.807, 2.05) is 6.92 Å². The first-order valence-corrected chi connectivity index (χ1v) is 6.88. The van der Waals surface area contributed by atoms with Crippen LogP contribution in [-0.2, 0) is 14.3 Å². The molecule has 0 radical (unpaired) electrons. The predicted molar refractivity (Wildman–Crippen MR) is 74.1 cm³/mol. The lowest BCUT2D eigenvalue weighted by Gasteiger charge is -2.34. The molecule has 8 nitrogen and oxygen atoms in total. The Balaban J connectivity index is 2.84. The second-order valence-corrected chi connectivity index (χ2v) is 5.17. The molecule has 2 N–H and O–H groups in total. The number of likely N-dealkylation sites (tertiary alicyclic amines) is 1. The molecule has 8 heteroatoms. The Kier molecular flexibility index (Phi) is 6.86. The van der Waals surface area contributed by atoms with Crippen LogP contribution in [0.25, 0.3) is 0 Å². The largest absolute Gasteiger partial charge is 0.480 e. The van der Waals surface area contributed by atoms with Crippen LogP contribution in [0.5, 0.6) is 0 Å². The Bertz CT molecular complexity index is 365. The Morgan fingerprint density at radius 1 is 1.38 bits per heavy atom. The number of aliphatic hydroxyl groups is 1. The summed E-state index contributed by atoms with van der Waals surface area (Å²) in [5, 5.41) is 18.8. The van der Waals surface area contributed by atoms with Crippen LogP contribution < -0.4 is 0 Å². The molecule has 0 bridgehead atoms. The zero-order valence-corrected chi connectivity index (χ0v) is 12.7. The maximum atomic E-state index is 12.6. The number of carboxylic acids is 1. The third-order valence-electron chi connectivity index (χ3n) is 3.53. The summed E-state index contributed by atoms with van der Waals surface area (Å²) >= 11 is 0. The maximum Gasteiger partial charge on any atom is 0.326 e. The lowest BCUT2D eigenvalue weighted by molar-refractivity contribution is -0.141. The van der Waals surface area contributed by atoms with Gasteiger partial charge in [0.25, 0.3) is 0 Å². The van der Waals surface area contributed by atoms with Crippen LogP contribution in [0.2, 0.25) is 0 Å². The molecule has 1 aliphatic rings. The van der Waals surface area contributed by atoms with Crippen molar-refractivity contribution in [3.8, 4) is 0 Å². The number of aliphatic carboxylic acids is 1. The Hall–Kier alpha value is -1.38. The number of hydrogen-bond donors (Lipinski definition) is 2. The van der Waals surface area contributed by atoms with Crippen molar-refractivity contribution in [3.63, 3.8) is 0 Å². The van der Waals surface area contributed by atoms with Crippen LogP contribution in [0.4, 0.5) is 4.79 Å². The summed E-state index contributed by atoms with van der Waals surface area (Å²) in [5.41, 5.74) is 0. The van der Waals surface area contributed by atoms with Gasteiger partial charge in [0.15, 0.2) is 0 Å². The first-order chi connectivity index (χ1) is 9.92. The van der Waals surface area contributed by atoms with Gasteiger partial charge in [0.05, 0.1) is 25.4 Å². The number of carbonyl (C=O) groups excluding carboxylic acids is 1. The number of nitrogens with zero attached hydrogens (tertiary/aromatic N) is 2. The summed E-state index contributed by atoms with van der Waals surface area (Å²) in [4.78, 5) is 26.5. The Labute approximate surface area is 124 Å². The minimum Gasteiger partial charge on any atom is -0.480 e. The highest BCUT2D eigenvalue weighted by Crippen LogP contribution is 2.21. The van der Waals surface area contributed by atoms with Crippen molar-refractivity contribution in [1.82, 2.24) is 9.80 Å². The van der Waals surface area contributed by atoms with E-state index in [2.05, 4.69) is 0 Å². The van der Waals surface area contributed by atoms with Gasteiger partial charge in [0.1, 0.15) is 6.04 Å². The van der Waals surface area contributed by atoms with Crippen LogP contribution in [0.3, 0.4) is 0 Å². The minimum absolute atomic E-state index is 0.0268. The fourth-order valence-electron chi connectivity index (χ4n) is 2.45. The number of ether oxygens (including phenoxy) is 2. The predicted octanol–water partition coefficient (Wildman–Crippen LogP) is -0.390. The molecule has 0 spiro atoms. The van der Waals surface area contributed by atoms with Crippen molar-refractivity contribution in [1.29, 1.82) is 0 Å². The van der Waals surface area contributed by atoms with Crippen molar-refractivity contribution < 1.29 is 29.3 Å². The molecule has 3 unspecified atom stereocenters. The molecule has 1 fully saturated rings. The van der Waals surface area contributed by atoms with Gasteiger partial charge in [-0.25, -0.2) is 9.59 Å². The molecular weight excluding hydrogens is 280 g/mol. The van der Waals surface area contributed by atoms with Gasteiger partial charge in [-0.3, -0.25) is 0 Å². The molecule has 1 saturated heterocycles. The molecule has 122 valence electrons. The SMILES string of the molecule is COCCN(C(=O)N1CC(O)CC1C(=O)O)C(C)COC. The second-order valence-electron chi connectivity index (χ2n) is 5.17. The van der Waals surface area contributed by atoms with Crippen molar-refractivity contribution in [2.24, 2.45) is 0 Å². The highest BCUT2D eigenvalue weighted by Gasteiger charge is 2.41. The summed E-state index contributed by atoms with van der Waals surface area (Å²) in [7, 11) is 3.07. The average molecular weight is 304 g/mol. The average Bonchev–Trinajstić information content (AvgIpc) is 2.81. The Morgan fingerprint density at radius 3 is 2.57 bits per heavy atom. The highest BCUT2D eigenvalue weighted by molar-refractivity contribution is 5.83. The van der Waals surface area contributed by atoms with Gasteiger partial charge in [0, 0.05) is 33.7 Å². The van der Waals surface area contributed by atoms with E-state index in [-0.39, 0.29) is 19.0 Å². The summed E-state index contributed by atoms with van der Waals surface area (Å²) in [6.45, 7) is 2.86. The van der Waals surface area contributed by atoms with Crippen molar-refractivity contribution in [2.45, 2.75) is 31.5 Å². The highest BCUT2D eigenvalue weighted by atomic mass is 16.5. The van der Waals surface area contributed by atoms with Gasteiger partial charge in [-0.15, -0.1) is 0 Å². The van der Waals surface area contributed by atoms with Gasteiger partial charge in [-0.2, -0.15) is 0 Å². The molecule has 0 aromatic carbocycles. The molecule has 0 aromatic rings. The molecule has 0 aromatic heterocycles. The topological polar surface area (TPSA) is 99.5 Å². The number of β-amino-alcohol motifs (C(OH)–C–C–N with tert-alkyl or cyclic N) is 1. The number of rotatable bonds is 7. The second kappa shape index (κ2) is 8.16. The lowest BCUT2D eigenvalue weighted by Crippen LogP contribution is -2.52. The first kappa shape index (κ1) is 17.7. The van der Waals surface area contributed by atoms with Crippen LogP contribution in [0.1, 0.15) is 13.3 Å². The standard InChI is InChI=1S/C13H24N2O6/c1-9(8-21-3)14(4-5-20-2)13(19)15-7-10(16)6-11(15)12(17)18/h9-11,16H,4-8H2,1-3H3,(H,17,18). The van der Waals surface area contributed by atoms with E-state index in [1.165, 1.54) is 24.0 Å². The molecule has 0 saturated carbocycles. The van der Waals surface area contributed by atoms with Crippen LogP contribution in [0.15, 0.2) is 0 Å². The first-order valence-electron chi connectivity index (χ1n) is 6.88. The lowest BCUT2D eigenvalue weighted by atomic mass is 10.2. The third kappa shape index (κ3) is 4.55. The molecule has 2 amide bonds. The Morgan fingerprint density at radius 2 is 2.05 bits per heavy atom. The smallest absolute Gasteiger partial charge is 0.326 e. The molecule has 21 heavy (non-hydrogen) atoms. The number of aliphatic hydroxyl groups excluding tert-OH is 1. The summed E-state index contributed by atoms with van der Waals surface area (Å²) in [5.74, 6) is -1.11. The summed E-state index contributed by atoms with van der Waals surface area (Å²) in [6, 6.07) is -1.63. The van der Waals surface area contributed by atoms with E-state index in [0.717, 1.165) is 0 Å². The van der Waals surface area contributed by atoms with Crippen molar-refractivity contribution >= 4 is 12.0 Å². The molecule has 1 heterocycles. The third-order valence-corrected chi connectivity index (χ3v) is 3.53. The van der Waals surface area contributed by atoms with Crippen LogP contribution in [-0.4, -0.2) is 90.7 Å². The van der Waals surface area contributed by atoms with Crippen LogP contribution in [0, 0.1) is 0 Å². The fraction of sp³-hybridized carbons (Fsp3) is 0.846. The molecular formula is C13H24N2O6. The molecule has 0 aliphatic carbocycles. The normalized spacial score (nSPS) is 23.1. The van der Waals surface area contributed by atoms with Crippen molar-refractivity contribution in [2.75, 3.05) is 40.5 Å². The van der Waals surface area contributed by atoms with E-state index in [4.69, 9.17) is 9.47 Å². The fourth-order valence-corrected chi connectivity index (χ4v) is 2.45. The van der Waals surface area contributed by atoms with Gasteiger partial charge in [-0.05, 0) is 6.92 Å². The molecule has 1 rings (SSSR count). The van der Waals surface area contributed by atoms with Gasteiger partial charge in [0.2, 0.25) is 0 Å². The summed E-state index contributed by atoms with van der Waals surface area (Å²) < 4.78 is 10.0. The number of amides is 2. The van der Waals surface area contributed by atoms with E-state index in [1.54, 1.807) is 0 Å². The van der Waals surface area contributed by atoms with Gasteiger partial charge in [-0.1, -0.05) is 0 Å². The number of carboxylic acid groups (broad SMARTS) is 1. The van der Waals surface area contributed by atoms with E-state index >= 15 is 0 Å². The number of carbonyl (C=O) groups is 2. The zero-order chi connectivity index (χ0) is 16.0. The summed E-state index contributed by atoms with van der Waals surface area (Å²) in [6.07, 6.45) is -0.755. The minimum atomic E-state index is -1.11. The number of urea groups is 1. The van der Waals surface area contributed by atoms with Gasteiger partial charge >= 0.3 is 12.0 Å². The quantitative estimate of drug-likeness (QED) is 0.664. The monoisotopic (exact) mass is 304 g/mol. The maximum absolute atomic E-state index is 12.6. The van der Waals surface area contributed by atoms with Crippen molar-refractivity contribution in [3.05, 3.63) is 0 Å². The van der Waals surface area contributed by atoms with Crippen LogP contribution >= 0.6 is 0 Å². The molecule has 1 aliphatic heterocycles. The number of hydrogen-bond acceptors (Lipinski definition) is 5. The zero-order valence-electron chi connectivity index (χ0n) is 12.7. The van der Waals surface area contributed by atoms with E-state index in [9.17, 15) is 19.8 Å². The van der Waals surface area contributed by atoms with Gasteiger partial charge < -0.3 is 29.5 Å². The van der Waals surface area contributed by atoms with E-state index in [0.29, 0.717) is 19.8 Å².